The van der Waals surface area contributed by atoms with Gasteiger partial charge in [0.2, 0.25) is 5.91 Å². The first-order valence-electron chi connectivity index (χ1n) is 12.4. The van der Waals surface area contributed by atoms with Crippen LogP contribution in [-0.4, -0.2) is 72.1 Å². The SMILES string of the molecule is CCCSc1nc(NCCC=Cc2ccccc2)c2nnn(C3CC(C(=O)NCC)C(O)C3O)c2n1. The Bertz CT molecular complexity index is 1190. The highest BCUT2D eigenvalue weighted by Crippen LogP contribution is 2.37. The first kappa shape index (κ1) is 26.1. The molecule has 1 aliphatic rings. The summed E-state index contributed by atoms with van der Waals surface area (Å²) in [5.74, 6) is 0.423. The predicted octanol–water partition coefficient (Wildman–Crippen LogP) is 2.66. The van der Waals surface area contributed by atoms with E-state index in [1.54, 1.807) is 0 Å². The zero-order valence-corrected chi connectivity index (χ0v) is 21.4. The van der Waals surface area contributed by atoms with Crippen molar-refractivity contribution in [3.05, 3.63) is 42.0 Å². The van der Waals surface area contributed by atoms with Crippen molar-refractivity contribution in [3.63, 3.8) is 0 Å². The number of carbonyl (C=O) groups is 1. The Kier molecular flexibility index (Phi) is 8.89. The van der Waals surface area contributed by atoms with Gasteiger partial charge in [0.05, 0.1) is 18.1 Å². The van der Waals surface area contributed by atoms with E-state index in [2.05, 4.69) is 62.1 Å². The van der Waals surface area contributed by atoms with Gasteiger partial charge in [-0.05, 0) is 31.7 Å². The number of anilines is 1. The number of hydrogen-bond donors (Lipinski definition) is 4. The minimum Gasteiger partial charge on any atom is -0.390 e. The highest BCUT2D eigenvalue weighted by atomic mass is 32.2. The molecule has 1 aliphatic carbocycles. The van der Waals surface area contributed by atoms with Crippen molar-refractivity contribution in [1.29, 1.82) is 0 Å². The molecule has 2 aromatic heterocycles. The van der Waals surface area contributed by atoms with Gasteiger partial charge in [-0.15, -0.1) is 5.10 Å². The number of aliphatic hydroxyl groups excluding tert-OH is 2. The Hall–Kier alpha value is -3.02. The molecule has 0 radical (unpaired) electrons. The summed E-state index contributed by atoms with van der Waals surface area (Å²) in [6.07, 6.45) is 3.82. The maximum Gasteiger partial charge on any atom is 0.225 e. The van der Waals surface area contributed by atoms with E-state index in [-0.39, 0.29) is 12.3 Å². The molecule has 4 N–H and O–H groups in total. The van der Waals surface area contributed by atoms with Gasteiger partial charge in [0, 0.05) is 18.8 Å². The van der Waals surface area contributed by atoms with E-state index in [4.69, 9.17) is 0 Å². The van der Waals surface area contributed by atoms with Crippen LogP contribution < -0.4 is 10.6 Å². The molecule has 1 fully saturated rings. The molecule has 4 rings (SSSR count). The molecule has 4 atom stereocenters. The van der Waals surface area contributed by atoms with Crippen molar-refractivity contribution in [3.8, 4) is 0 Å². The van der Waals surface area contributed by atoms with Crippen LogP contribution in [0, 0.1) is 5.92 Å². The van der Waals surface area contributed by atoms with Gasteiger partial charge in [0.1, 0.15) is 6.10 Å². The summed E-state index contributed by atoms with van der Waals surface area (Å²) in [6.45, 7) is 5.00. The van der Waals surface area contributed by atoms with Gasteiger partial charge in [0.15, 0.2) is 22.1 Å². The quantitative estimate of drug-likeness (QED) is 0.174. The van der Waals surface area contributed by atoms with Gasteiger partial charge >= 0.3 is 0 Å². The molecule has 1 saturated carbocycles. The minimum atomic E-state index is -1.19. The Balaban J connectivity index is 1.55. The molecule has 10 nitrogen and oxygen atoms in total. The zero-order chi connectivity index (χ0) is 25.5. The number of benzene rings is 1. The Morgan fingerprint density at radius 1 is 1.19 bits per heavy atom. The van der Waals surface area contributed by atoms with Gasteiger partial charge in [-0.25, -0.2) is 14.6 Å². The third kappa shape index (κ3) is 5.85. The second-order valence-electron chi connectivity index (χ2n) is 8.72. The van der Waals surface area contributed by atoms with Crippen molar-refractivity contribution in [2.24, 2.45) is 5.92 Å². The number of aliphatic hydroxyl groups is 2. The van der Waals surface area contributed by atoms with E-state index in [9.17, 15) is 15.0 Å². The summed E-state index contributed by atoms with van der Waals surface area (Å²) in [6, 6.07) is 9.49. The summed E-state index contributed by atoms with van der Waals surface area (Å²) < 4.78 is 1.53. The Morgan fingerprint density at radius 2 is 2.00 bits per heavy atom. The van der Waals surface area contributed by atoms with Crippen molar-refractivity contribution >= 4 is 40.7 Å². The summed E-state index contributed by atoms with van der Waals surface area (Å²) in [7, 11) is 0. The molecular formula is C25H33N7O3S. The predicted molar refractivity (Wildman–Crippen MR) is 141 cm³/mol. The first-order valence-corrected chi connectivity index (χ1v) is 13.4. The largest absolute Gasteiger partial charge is 0.390 e. The Labute approximate surface area is 214 Å². The number of hydrogen-bond acceptors (Lipinski definition) is 9. The number of thioether (sulfide) groups is 1. The average molecular weight is 512 g/mol. The normalized spacial score (nSPS) is 21.9. The second kappa shape index (κ2) is 12.3. The molecule has 192 valence electrons. The van der Waals surface area contributed by atoms with Gasteiger partial charge in [0.25, 0.3) is 0 Å². The average Bonchev–Trinajstić information content (AvgIpc) is 3.44. The van der Waals surface area contributed by atoms with Crippen molar-refractivity contribution in [2.75, 3.05) is 24.2 Å². The molecule has 11 heteroatoms. The van der Waals surface area contributed by atoms with Crippen molar-refractivity contribution < 1.29 is 15.0 Å². The summed E-state index contributed by atoms with van der Waals surface area (Å²) in [4.78, 5) is 21.7. The van der Waals surface area contributed by atoms with Crippen LogP contribution in [0.3, 0.4) is 0 Å². The van der Waals surface area contributed by atoms with E-state index in [0.29, 0.717) is 35.2 Å². The van der Waals surface area contributed by atoms with Crippen LogP contribution in [-0.2, 0) is 4.79 Å². The fraction of sp³-hybridized carbons (Fsp3) is 0.480. The van der Waals surface area contributed by atoms with Gasteiger partial charge in [-0.1, -0.05) is 66.4 Å². The fourth-order valence-electron chi connectivity index (χ4n) is 4.29. The standard InChI is InChI=1S/C25H33N7O3S/c1-3-14-36-25-28-22(27-13-9-8-12-16-10-6-5-7-11-16)19-23(29-25)32(31-30-19)18-15-17(20(33)21(18)34)24(35)26-4-2/h5-8,10-12,17-18,20-21,33-34H,3-4,9,13-15H2,1-2H3,(H,26,35)(H,27,28,29). The molecule has 0 bridgehead atoms. The first-order chi connectivity index (χ1) is 17.5. The third-order valence-corrected chi connectivity index (χ3v) is 7.16. The molecule has 4 unspecified atom stereocenters. The van der Waals surface area contributed by atoms with Gasteiger partial charge in [-0.2, -0.15) is 0 Å². The molecule has 0 spiro atoms. The lowest BCUT2D eigenvalue weighted by Crippen LogP contribution is -2.38. The molecule has 0 aliphatic heterocycles. The van der Waals surface area contributed by atoms with Crippen LogP contribution in [0.15, 0.2) is 41.6 Å². The molecule has 3 aromatic rings. The number of carbonyl (C=O) groups excluding carboxylic acids is 1. The van der Waals surface area contributed by atoms with Gasteiger partial charge in [-0.3, -0.25) is 4.79 Å². The number of nitrogens with zero attached hydrogens (tertiary/aromatic N) is 5. The maximum atomic E-state index is 12.4. The van der Waals surface area contributed by atoms with Crippen LogP contribution in [0.4, 0.5) is 5.82 Å². The zero-order valence-electron chi connectivity index (χ0n) is 20.5. The number of amides is 1. The van der Waals surface area contributed by atoms with Crippen LogP contribution in [0.25, 0.3) is 17.2 Å². The second-order valence-corrected chi connectivity index (χ2v) is 9.79. The highest BCUT2D eigenvalue weighted by molar-refractivity contribution is 7.99. The monoisotopic (exact) mass is 511 g/mol. The third-order valence-electron chi connectivity index (χ3n) is 6.11. The molecule has 1 amide bonds. The van der Waals surface area contributed by atoms with E-state index in [1.165, 1.54) is 16.4 Å². The summed E-state index contributed by atoms with van der Waals surface area (Å²) in [5.41, 5.74) is 2.11. The number of fused-ring (bicyclic) bond motifs is 1. The number of aromatic nitrogens is 5. The van der Waals surface area contributed by atoms with E-state index in [1.807, 2.05) is 25.1 Å². The van der Waals surface area contributed by atoms with Crippen molar-refractivity contribution in [2.45, 2.75) is 56.5 Å². The van der Waals surface area contributed by atoms with Crippen LogP contribution in [0.5, 0.6) is 0 Å². The smallest absolute Gasteiger partial charge is 0.225 e. The Morgan fingerprint density at radius 3 is 2.75 bits per heavy atom. The number of nitrogens with one attached hydrogen (secondary N) is 2. The maximum absolute atomic E-state index is 12.4. The molecule has 36 heavy (non-hydrogen) atoms. The lowest BCUT2D eigenvalue weighted by atomic mass is 10.0. The van der Waals surface area contributed by atoms with E-state index in [0.717, 1.165) is 24.2 Å². The summed E-state index contributed by atoms with van der Waals surface area (Å²) in [5, 5.41) is 36.5. The lowest BCUT2D eigenvalue weighted by Gasteiger charge is -2.17. The molecule has 2 heterocycles. The minimum absolute atomic E-state index is 0.237. The van der Waals surface area contributed by atoms with Gasteiger partial charge < -0.3 is 20.8 Å². The molecule has 0 saturated heterocycles. The number of rotatable bonds is 11. The van der Waals surface area contributed by atoms with Crippen LogP contribution >= 0.6 is 11.8 Å². The van der Waals surface area contributed by atoms with Crippen LogP contribution in [0.2, 0.25) is 0 Å². The molecular weight excluding hydrogens is 478 g/mol. The molecule has 1 aromatic carbocycles. The topological polar surface area (TPSA) is 138 Å². The lowest BCUT2D eigenvalue weighted by molar-refractivity contribution is -0.128. The highest BCUT2D eigenvalue weighted by Gasteiger charge is 2.47. The summed E-state index contributed by atoms with van der Waals surface area (Å²) >= 11 is 1.54. The van der Waals surface area contributed by atoms with E-state index >= 15 is 0 Å². The van der Waals surface area contributed by atoms with E-state index < -0.39 is 24.2 Å². The van der Waals surface area contributed by atoms with Crippen molar-refractivity contribution in [1.82, 2.24) is 30.3 Å². The fourth-order valence-corrected chi connectivity index (χ4v) is 4.98. The van der Waals surface area contributed by atoms with Crippen LogP contribution in [0.1, 0.15) is 44.7 Å².